The molecule has 24 heavy (non-hydrogen) atoms. The van der Waals surface area contributed by atoms with Crippen molar-refractivity contribution in [1.29, 1.82) is 5.26 Å². The number of hydrogen-bond donors (Lipinski definition) is 1. The van der Waals surface area contributed by atoms with Gasteiger partial charge >= 0.3 is 0 Å². The summed E-state index contributed by atoms with van der Waals surface area (Å²) in [7, 11) is 0. The molecule has 0 atom stereocenters. The van der Waals surface area contributed by atoms with Crippen LogP contribution < -0.4 is 5.73 Å². The maximum absolute atomic E-state index is 9.17. The first kappa shape index (κ1) is 15.8. The van der Waals surface area contributed by atoms with Crippen molar-refractivity contribution in [2.75, 3.05) is 18.8 Å². The molecule has 0 bridgehead atoms. The molecule has 1 aliphatic rings. The Balaban J connectivity index is 1.99. The fourth-order valence-electron chi connectivity index (χ4n) is 2.72. The van der Waals surface area contributed by atoms with Crippen molar-refractivity contribution in [1.82, 2.24) is 5.01 Å². The summed E-state index contributed by atoms with van der Waals surface area (Å²) < 4.78 is 0. The fourth-order valence-corrected chi connectivity index (χ4v) is 2.72. The minimum Gasteiger partial charge on any atom is -0.398 e. The average molecular weight is 316 g/mol. The normalized spacial score (nSPS) is 15.0. The summed E-state index contributed by atoms with van der Waals surface area (Å²) in [6.45, 7) is 1.92. The summed E-state index contributed by atoms with van der Waals surface area (Å²) in [5, 5.41) is 16.0. The number of hydrogen-bond acceptors (Lipinski definition) is 4. The predicted molar refractivity (Wildman–Crippen MR) is 98.4 cm³/mol. The zero-order chi connectivity index (χ0) is 16.8. The fraction of sp³-hybridized carbons (Fsp3) is 0.200. The largest absolute Gasteiger partial charge is 0.398 e. The molecule has 0 unspecified atom stereocenters. The van der Waals surface area contributed by atoms with Gasteiger partial charge in [0.15, 0.2) is 0 Å². The summed E-state index contributed by atoms with van der Waals surface area (Å²) in [6, 6.07) is 17.5. The quantitative estimate of drug-likeness (QED) is 0.691. The smallest absolute Gasteiger partial charge is 0.0991 e. The molecule has 2 aromatic carbocycles. The minimum absolute atomic E-state index is 0.585. The molecular weight excluding hydrogens is 296 g/mol. The van der Waals surface area contributed by atoms with Crippen molar-refractivity contribution in [2.45, 2.75) is 12.8 Å². The van der Waals surface area contributed by atoms with Gasteiger partial charge in [0.05, 0.1) is 17.3 Å². The molecule has 0 aromatic heterocycles. The maximum atomic E-state index is 9.17. The monoisotopic (exact) mass is 316 g/mol. The Bertz CT molecular complexity index is 794. The van der Waals surface area contributed by atoms with E-state index in [1.54, 1.807) is 18.2 Å². The second-order valence-electron chi connectivity index (χ2n) is 5.80. The second-order valence-corrected chi connectivity index (χ2v) is 5.80. The molecule has 1 heterocycles. The van der Waals surface area contributed by atoms with E-state index in [1.807, 2.05) is 42.5 Å². The number of nitrogens with two attached hydrogens (primary N) is 1. The van der Waals surface area contributed by atoms with E-state index >= 15 is 0 Å². The van der Waals surface area contributed by atoms with Crippen LogP contribution in [0.4, 0.5) is 5.69 Å². The van der Waals surface area contributed by atoms with Crippen molar-refractivity contribution in [3.63, 3.8) is 0 Å². The van der Waals surface area contributed by atoms with E-state index < -0.39 is 0 Å². The van der Waals surface area contributed by atoms with Crippen LogP contribution in [0.3, 0.4) is 0 Å². The molecular formula is C20H20N4. The highest BCUT2D eigenvalue weighted by atomic mass is 15.5. The third-order valence-corrected chi connectivity index (χ3v) is 4.02. The molecule has 3 rings (SSSR count). The van der Waals surface area contributed by atoms with Crippen molar-refractivity contribution < 1.29 is 0 Å². The Hall–Kier alpha value is -3.06. The van der Waals surface area contributed by atoms with E-state index in [-0.39, 0.29) is 0 Å². The highest BCUT2D eigenvalue weighted by molar-refractivity contribution is 6.13. The van der Waals surface area contributed by atoms with E-state index in [0.717, 1.165) is 42.8 Å². The molecule has 0 aliphatic carbocycles. The van der Waals surface area contributed by atoms with Crippen LogP contribution in [0.5, 0.6) is 0 Å². The Morgan fingerprint density at radius 3 is 2.58 bits per heavy atom. The molecule has 4 nitrogen and oxygen atoms in total. The van der Waals surface area contributed by atoms with Gasteiger partial charge in [0.2, 0.25) is 0 Å². The summed E-state index contributed by atoms with van der Waals surface area (Å²) in [6.07, 6.45) is 6.31. The molecule has 4 heteroatoms. The van der Waals surface area contributed by atoms with Crippen LogP contribution in [0.1, 0.15) is 29.5 Å². The lowest BCUT2D eigenvalue weighted by Gasteiger charge is -2.14. The first-order valence-corrected chi connectivity index (χ1v) is 8.13. The molecule has 2 N–H and O–H groups in total. The maximum Gasteiger partial charge on any atom is 0.0991 e. The summed E-state index contributed by atoms with van der Waals surface area (Å²) >= 11 is 0. The van der Waals surface area contributed by atoms with Crippen LogP contribution in [0, 0.1) is 11.3 Å². The van der Waals surface area contributed by atoms with Gasteiger partial charge in [0.1, 0.15) is 0 Å². The van der Waals surface area contributed by atoms with E-state index in [4.69, 9.17) is 16.1 Å². The Morgan fingerprint density at radius 1 is 1.12 bits per heavy atom. The molecule has 1 saturated heterocycles. The number of rotatable bonds is 4. The van der Waals surface area contributed by atoms with Crippen molar-refractivity contribution in [2.24, 2.45) is 5.10 Å². The van der Waals surface area contributed by atoms with Gasteiger partial charge in [-0.05, 0) is 42.7 Å². The summed E-state index contributed by atoms with van der Waals surface area (Å²) in [5.41, 5.74) is 10.0. The first-order valence-electron chi connectivity index (χ1n) is 8.13. The topological polar surface area (TPSA) is 65.4 Å². The van der Waals surface area contributed by atoms with Crippen LogP contribution in [-0.4, -0.2) is 23.8 Å². The molecule has 120 valence electrons. The average Bonchev–Trinajstić information content (AvgIpc) is 3.13. The Labute approximate surface area is 142 Å². The van der Waals surface area contributed by atoms with Gasteiger partial charge in [-0.1, -0.05) is 36.4 Å². The highest BCUT2D eigenvalue weighted by Gasteiger charge is 2.12. The van der Waals surface area contributed by atoms with Crippen molar-refractivity contribution in [3.05, 3.63) is 71.3 Å². The third-order valence-electron chi connectivity index (χ3n) is 4.02. The van der Waals surface area contributed by atoms with E-state index in [9.17, 15) is 0 Å². The zero-order valence-electron chi connectivity index (χ0n) is 13.5. The number of nitrogens with zero attached hydrogens (tertiary/aromatic N) is 3. The number of anilines is 1. The lowest BCUT2D eigenvalue weighted by molar-refractivity contribution is 0.361. The SMILES string of the molecule is N#Cc1ccc(N)c(C(/C=C/c2ccccc2)=NN2CCCC2)c1. The lowest BCUT2D eigenvalue weighted by atomic mass is 10.0. The number of allylic oxidation sites excluding steroid dienone is 1. The number of nitrogen functional groups attached to an aromatic ring is 1. The number of benzene rings is 2. The molecule has 2 aromatic rings. The highest BCUT2D eigenvalue weighted by Crippen LogP contribution is 2.18. The van der Waals surface area contributed by atoms with E-state index in [1.165, 1.54) is 0 Å². The van der Waals surface area contributed by atoms with E-state index in [2.05, 4.69) is 11.1 Å². The molecule has 1 fully saturated rings. The van der Waals surface area contributed by atoms with Gasteiger partial charge in [0.25, 0.3) is 0 Å². The van der Waals surface area contributed by atoms with Gasteiger partial charge < -0.3 is 5.73 Å². The van der Waals surface area contributed by atoms with Crippen molar-refractivity contribution >= 4 is 17.5 Å². The first-order chi connectivity index (χ1) is 11.8. The van der Waals surface area contributed by atoms with Crippen LogP contribution in [0.15, 0.2) is 59.7 Å². The van der Waals surface area contributed by atoms with Gasteiger partial charge in [-0.25, -0.2) is 0 Å². The molecule has 0 radical (unpaired) electrons. The zero-order valence-corrected chi connectivity index (χ0v) is 13.5. The molecule has 0 amide bonds. The summed E-state index contributed by atoms with van der Waals surface area (Å²) in [5.74, 6) is 0. The van der Waals surface area contributed by atoms with Gasteiger partial charge in [0, 0.05) is 24.3 Å². The van der Waals surface area contributed by atoms with Crippen LogP contribution >= 0.6 is 0 Å². The predicted octanol–water partition coefficient (Wildman–Crippen LogP) is 3.65. The standard InChI is InChI=1S/C20H20N4/c21-15-17-8-10-19(22)18(14-17)20(23-24-12-4-5-13-24)11-9-16-6-2-1-3-7-16/h1-3,6-11,14H,4-5,12-13,22H2/b11-9+,23-20?. The third kappa shape index (κ3) is 3.82. The van der Waals surface area contributed by atoms with Crippen LogP contribution in [0.25, 0.3) is 6.08 Å². The molecule has 0 spiro atoms. The molecule has 0 saturated carbocycles. The molecule has 1 aliphatic heterocycles. The van der Waals surface area contributed by atoms with Crippen LogP contribution in [-0.2, 0) is 0 Å². The van der Waals surface area contributed by atoms with Gasteiger partial charge in [-0.3, -0.25) is 5.01 Å². The number of nitriles is 1. The van der Waals surface area contributed by atoms with Crippen molar-refractivity contribution in [3.8, 4) is 6.07 Å². The lowest BCUT2D eigenvalue weighted by Crippen LogP contribution is -2.15. The van der Waals surface area contributed by atoms with Crippen LogP contribution in [0.2, 0.25) is 0 Å². The minimum atomic E-state index is 0.585. The van der Waals surface area contributed by atoms with Gasteiger partial charge in [-0.2, -0.15) is 10.4 Å². The number of hydrazone groups is 1. The Morgan fingerprint density at radius 2 is 1.88 bits per heavy atom. The van der Waals surface area contributed by atoms with E-state index in [0.29, 0.717) is 11.3 Å². The van der Waals surface area contributed by atoms with Gasteiger partial charge in [-0.15, -0.1) is 0 Å². The Kier molecular flexibility index (Phi) is 4.93. The second kappa shape index (κ2) is 7.47. The summed E-state index contributed by atoms with van der Waals surface area (Å²) in [4.78, 5) is 0.